The highest BCUT2D eigenvalue weighted by molar-refractivity contribution is 9.10. The minimum atomic E-state index is 0.169. The average molecular weight is 363 g/mol. The molecule has 0 saturated heterocycles. The minimum Gasteiger partial charge on any atom is -0.331 e. The Kier molecular flexibility index (Phi) is 3.15. The van der Waals surface area contributed by atoms with Gasteiger partial charge in [0.1, 0.15) is 5.01 Å². The molecule has 0 radical (unpaired) electrons. The summed E-state index contributed by atoms with van der Waals surface area (Å²) in [4.78, 5) is 19.3. The van der Waals surface area contributed by atoms with Gasteiger partial charge in [-0.1, -0.05) is 15.9 Å². The Morgan fingerprint density at radius 2 is 2.24 bits per heavy atom. The summed E-state index contributed by atoms with van der Waals surface area (Å²) in [7, 11) is 0. The van der Waals surface area contributed by atoms with E-state index in [4.69, 9.17) is 0 Å². The Labute approximate surface area is 136 Å². The summed E-state index contributed by atoms with van der Waals surface area (Å²) in [5.74, 6) is 0.858. The van der Waals surface area contributed by atoms with Crippen LogP contribution in [0.4, 0.5) is 0 Å². The quantitative estimate of drug-likeness (QED) is 0.813. The van der Waals surface area contributed by atoms with Crippen molar-refractivity contribution in [2.75, 3.05) is 0 Å². The molecule has 1 aliphatic carbocycles. The monoisotopic (exact) mass is 362 g/mol. The van der Waals surface area contributed by atoms with Gasteiger partial charge in [-0.15, -0.1) is 11.3 Å². The first-order valence-corrected chi connectivity index (χ1v) is 8.85. The number of thiazole rings is 1. The van der Waals surface area contributed by atoms with E-state index in [-0.39, 0.29) is 5.91 Å². The lowest BCUT2D eigenvalue weighted by Gasteiger charge is -2.24. The summed E-state index contributed by atoms with van der Waals surface area (Å²) in [5, 5.41) is 2.87. The number of rotatable bonds is 3. The van der Waals surface area contributed by atoms with Crippen molar-refractivity contribution >= 4 is 33.2 Å². The van der Waals surface area contributed by atoms with Crippen LogP contribution in [0.15, 0.2) is 28.2 Å². The molecule has 1 saturated carbocycles. The second-order valence-electron chi connectivity index (χ2n) is 5.84. The first-order valence-electron chi connectivity index (χ1n) is 7.18. The molecule has 1 amide bonds. The third-order valence-electron chi connectivity index (χ3n) is 4.46. The van der Waals surface area contributed by atoms with Crippen molar-refractivity contribution in [3.63, 3.8) is 0 Å². The van der Waals surface area contributed by atoms with E-state index in [1.54, 1.807) is 17.5 Å². The molecule has 4 rings (SSSR count). The Balaban J connectivity index is 1.80. The van der Waals surface area contributed by atoms with Crippen LogP contribution in [0, 0.1) is 5.92 Å². The maximum atomic E-state index is 12.9. The Morgan fingerprint density at radius 3 is 2.90 bits per heavy atom. The molecule has 1 aromatic heterocycles. The number of hydrogen-bond donors (Lipinski definition) is 0. The molecule has 3 nitrogen and oxygen atoms in total. The SMILES string of the molecule is C[C@@H](C1CC1)N1Cc2cc(Br)cc(-c3nccs3)c2C1=O. The molecule has 21 heavy (non-hydrogen) atoms. The Hall–Kier alpha value is -1.20. The number of carbonyl (C=O) groups excluding carboxylic acids is 1. The van der Waals surface area contributed by atoms with Crippen LogP contribution < -0.4 is 0 Å². The first-order chi connectivity index (χ1) is 10.1. The minimum absolute atomic E-state index is 0.169. The fourth-order valence-electron chi connectivity index (χ4n) is 3.13. The summed E-state index contributed by atoms with van der Waals surface area (Å²) in [6.07, 6.45) is 4.30. The van der Waals surface area contributed by atoms with E-state index < -0.39 is 0 Å². The zero-order valence-corrected chi connectivity index (χ0v) is 14.1. The van der Waals surface area contributed by atoms with Gasteiger partial charge in [0.25, 0.3) is 5.91 Å². The molecule has 1 fully saturated rings. The summed E-state index contributed by atoms with van der Waals surface area (Å²) in [6.45, 7) is 2.91. The van der Waals surface area contributed by atoms with Crippen molar-refractivity contribution in [2.45, 2.75) is 32.4 Å². The molecule has 0 bridgehead atoms. The summed E-state index contributed by atoms with van der Waals surface area (Å²) < 4.78 is 1.01. The molecule has 108 valence electrons. The van der Waals surface area contributed by atoms with Gasteiger partial charge in [0.2, 0.25) is 0 Å². The zero-order chi connectivity index (χ0) is 14.6. The van der Waals surface area contributed by atoms with Crippen molar-refractivity contribution in [3.8, 4) is 10.6 Å². The van der Waals surface area contributed by atoms with Crippen molar-refractivity contribution in [1.29, 1.82) is 0 Å². The van der Waals surface area contributed by atoms with E-state index in [2.05, 4.69) is 33.9 Å². The number of carbonyl (C=O) groups is 1. The third-order valence-corrected chi connectivity index (χ3v) is 5.72. The first kappa shape index (κ1) is 13.5. The molecule has 2 heterocycles. The molecule has 1 aromatic carbocycles. The Morgan fingerprint density at radius 1 is 1.43 bits per heavy atom. The topological polar surface area (TPSA) is 33.2 Å². The molecular formula is C16H15BrN2OS. The summed E-state index contributed by atoms with van der Waals surface area (Å²) >= 11 is 5.14. The number of nitrogens with zero attached hydrogens (tertiary/aromatic N) is 2. The van der Waals surface area contributed by atoms with Crippen molar-refractivity contribution < 1.29 is 4.79 Å². The molecule has 0 N–H and O–H groups in total. The molecule has 0 unspecified atom stereocenters. The van der Waals surface area contributed by atoms with E-state index in [9.17, 15) is 4.79 Å². The van der Waals surface area contributed by atoms with Gasteiger partial charge in [0.15, 0.2) is 0 Å². The largest absolute Gasteiger partial charge is 0.331 e. The van der Waals surface area contributed by atoms with Crippen molar-refractivity contribution in [2.24, 2.45) is 5.92 Å². The highest BCUT2D eigenvalue weighted by Crippen LogP contribution is 2.41. The lowest BCUT2D eigenvalue weighted by atomic mass is 10.0. The second-order valence-corrected chi connectivity index (χ2v) is 7.65. The number of halogens is 1. The fraction of sp³-hybridized carbons (Fsp3) is 0.375. The van der Waals surface area contributed by atoms with Gasteiger partial charge in [-0.3, -0.25) is 4.79 Å². The molecule has 2 aromatic rings. The van der Waals surface area contributed by atoms with Crippen LogP contribution in [0.25, 0.3) is 10.6 Å². The van der Waals surface area contributed by atoms with Crippen LogP contribution in [0.5, 0.6) is 0 Å². The molecular weight excluding hydrogens is 348 g/mol. The smallest absolute Gasteiger partial charge is 0.255 e. The highest BCUT2D eigenvalue weighted by Gasteiger charge is 2.39. The number of fused-ring (bicyclic) bond motifs is 1. The van der Waals surface area contributed by atoms with Gasteiger partial charge in [0.05, 0.1) is 5.56 Å². The number of amides is 1. The molecule has 1 aliphatic heterocycles. The lowest BCUT2D eigenvalue weighted by Crippen LogP contribution is -2.34. The van der Waals surface area contributed by atoms with Gasteiger partial charge in [0, 0.05) is 34.2 Å². The molecule has 1 atom stereocenters. The van der Waals surface area contributed by atoms with Crippen molar-refractivity contribution in [1.82, 2.24) is 9.88 Å². The van der Waals surface area contributed by atoms with Gasteiger partial charge in [-0.05, 0) is 43.4 Å². The predicted octanol–water partition coefficient (Wildman–Crippen LogP) is 4.33. The van der Waals surface area contributed by atoms with Crippen LogP contribution in [0.2, 0.25) is 0 Å². The highest BCUT2D eigenvalue weighted by atomic mass is 79.9. The average Bonchev–Trinajstić information content (AvgIpc) is 3.06. The maximum Gasteiger partial charge on any atom is 0.255 e. The molecule has 5 heteroatoms. The maximum absolute atomic E-state index is 12.9. The van der Waals surface area contributed by atoms with Gasteiger partial charge >= 0.3 is 0 Å². The fourth-order valence-corrected chi connectivity index (χ4v) is 4.29. The van der Waals surface area contributed by atoms with Crippen LogP contribution in [-0.2, 0) is 6.54 Å². The number of aromatic nitrogens is 1. The third kappa shape index (κ3) is 2.23. The van der Waals surface area contributed by atoms with Gasteiger partial charge < -0.3 is 4.90 Å². The summed E-state index contributed by atoms with van der Waals surface area (Å²) in [6, 6.07) is 4.43. The van der Waals surface area contributed by atoms with Crippen LogP contribution in [0.3, 0.4) is 0 Å². The van der Waals surface area contributed by atoms with E-state index in [0.717, 1.165) is 32.7 Å². The van der Waals surface area contributed by atoms with Crippen molar-refractivity contribution in [3.05, 3.63) is 39.3 Å². The number of hydrogen-bond acceptors (Lipinski definition) is 3. The Bertz CT molecular complexity index is 709. The van der Waals surface area contributed by atoms with Crippen LogP contribution >= 0.6 is 27.3 Å². The number of benzene rings is 1. The van der Waals surface area contributed by atoms with Crippen LogP contribution in [-0.4, -0.2) is 21.8 Å². The molecule has 2 aliphatic rings. The normalized spacial score (nSPS) is 19.0. The van der Waals surface area contributed by atoms with E-state index >= 15 is 0 Å². The standard InChI is InChI=1S/C16H15BrN2OS/c1-9(10-2-3-10)19-8-11-6-12(17)7-13(14(11)16(19)20)15-18-4-5-21-15/h4-7,9-10H,2-3,8H2,1H3/t9-/m0/s1. The van der Waals surface area contributed by atoms with Crippen LogP contribution in [0.1, 0.15) is 35.7 Å². The zero-order valence-electron chi connectivity index (χ0n) is 11.7. The van der Waals surface area contributed by atoms with Gasteiger partial charge in [-0.2, -0.15) is 0 Å². The summed E-state index contributed by atoms with van der Waals surface area (Å²) in [5.41, 5.74) is 2.93. The molecule has 0 spiro atoms. The van der Waals surface area contributed by atoms with E-state index in [0.29, 0.717) is 12.0 Å². The van der Waals surface area contributed by atoms with E-state index in [1.807, 2.05) is 16.3 Å². The predicted molar refractivity (Wildman–Crippen MR) is 87.3 cm³/mol. The van der Waals surface area contributed by atoms with E-state index in [1.165, 1.54) is 12.8 Å². The van der Waals surface area contributed by atoms with Gasteiger partial charge in [-0.25, -0.2) is 4.98 Å². The second kappa shape index (κ2) is 4.92. The lowest BCUT2D eigenvalue weighted by molar-refractivity contribution is 0.0698.